The van der Waals surface area contributed by atoms with Crippen molar-refractivity contribution in [2.75, 3.05) is 5.32 Å². The number of carbonyl (C=O) groups excluding carboxylic acids is 1. The highest BCUT2D eigenvalue weighted by Gasteiger charge is 2.17. The molecule has 0 aliphatic heterocycles. The Kier molecular flexibility index (Phi) is 5.88. The number of nitrogens with one attached hydrogen (secondary N) is 3. The van der Waals surface area contributed by atoms with Crippen molar-refractivity contribution in [3.63, 3.8) is 0 Å². The second-order valence-electron chi connectivity index (χ2n) is 9.23. The van der Waals surface area contributed by atoms with Crippen molar-refractivity contribution in [2.24, 2.45) is 0 Å². The molecule has 0 radical (unpaired) electrons. The Bertz CT molecular complexity index is 1800. The van der Waals surface area contributed by atoms with E-state index in [0.29, 0.717) is 34.8 Å². The predicted octanol–water partition coefficient (Wildman–Crippen LogP) is 6.42. The van der Waals surface area contributed by atoms with Gasteiger partial charge in [-0.3, -0.25) is 14.9 Å². The summed E-state index contributed by atoms with van der Waals surface area (Å²) < 4.78 is 14.1. The number of nitrogens with zero attached hydrogens (tertiary/aromatic N) is 4. The van der Waals surface area contributed by atoms with Gasteiger partial charge < -0.3 is 10.3 Å². The summed E-state index contributed by atoms with van der Waals surface area (Å²) in [5.74, 6) is 0.214. The molecule has 0 fully saturated rings. The van der Waals surface area contributed by atoms with Crippen LogP contribution in [-0.4, -0.2) is 36.0 Å². The fourth-order valence-electron chi connectivity index (χ4n) is 4.59. The number of carbonyl (C=O) groups is 1. The molecule has 0 saturated carbocycles. The van der Waals surface area contributed by atoms with Crippen LogP contribution in [0.25, 0.3) is 56.0 Å². The third-order valence-corrected chi connectivity index (χ3v) is 6.29. The standard InChI is InChI=1S/C29H24FN7O/c1-3-5-25(38)32-20-13-18(14-31-15-20)22-8-9-24-27(33-22)28(37-36-24)29-34-23-7-4-6-21(26(23)35-29)17-10-16(2)11-19(30)12-17/h4,6-15H,3,5H2,1-2H3,(H,32,38)(H,34,35)(H,36,37). The molecule has 0 aliphatic carbocycles. The number of aryl methyl sites for hydroxylation is 1. The zero-order valence-electron chi connectivity index (χ0n) is 20.8. The van der Waals surface area contributed by atoms with Crippen LogP contribution in [0.3, 0.4) is 0 Å². The van der Waals surface area contributed by atoms with E-state index in [9.17, 15) is 9.18 Å². The molecule has 8 nitrogen and oxygen atoms in total. The van der Waals surface area contributed by atoms with Crippen LogP contribution in [0, 0.1) is 12.7 Å². The van der Waals surface area contributed by atoms with Crippen LogP contribution in [0.15, 0.2) is 67.0 Å². The van der Waals surface area contributed by atoms with Gasteiger partial charge in [0.05, 0.1) is 34.1 Å². The molecule has 6 rings (SSSR count). The highest BCUT2D eigenvalue weighted by molar-refractivity contribution is 5.96. The van der Waals surface area contributed by atoms with E-state index in [1.165, 1.54) is 12.1 Å². The molecule has 0 bridgehead atoms. The van der Waals surface area contributed by atoms with Crippen molar-refractivity contribution in [2.45, 2.75) is 26.7 Å². The Morgan fingerprint density at radius 3 is 2.71 bits per heavy atom. The number of rotatable bonds is 6. The number of pyridine rings is 2. The zero-order chi connectivity index (χ0) is 26.2. The van der Waals surface area contributed by atoms with Gasteiger partial charge in [0.15, 0.2) is 11.5 Å². The van der Waals surface area contributed by atoms with E-state index in [1.807, 2.05) is 56.3 Å². The Hall–Kier alpha value is -4.92. The van der Waals surface area contributed by atoms with Gasteiger partial charge in [0, 0.05) is 23.7 Å². The van der Waals surface area contributed by atoms with Crippen LogP contribution in [0.2, 0.25) is 0 Å². The predicted molar refractivity (Wildman–Crippen MR) is 146 cm³/mol. The summed E-state index contributed by atoms with van der Waals surface area (Å²) in [6.07, 6.45) is 4.54. The van der Waals surface area contributed by atoms with Crippen molar-refractivity contribution in [1.29, 1.82) is 0 Å². The lowest BCUT2D eigenvalue weighted by atomic mass is 10.0. The normalized spacial score (nSPS) is 11.3. The molecule has 0 saturated heterocycles. The van der Waals surface area contributed by atoms with Crippen molar-refractivity contribution in [3.8, 4) is 33.9 Å². The second kappa shape index (κ2) is 9.51. The largest absolute Gasteiger partial charge is 0.336 e. The van der Waals surface area contributed by atoms with Crippen LogP contribution in [0.1, 0.15) is 25.3 Å². The fourth-order valence-corrected chi connectivity index (χ4v) is 4.59. The SMILES string of the molecule is CCCC(=O)Nc1cncc(-c2ccc3[nH]nc(-c4nc5c(-c6cc(C)cc(F)c6)cccc5[nH]4)c3n2)c1. The van der Waals surface area contributed by atoms with E-state index in [0.717, 1.165) is 45.2 Å². The van der Waals surface area contributed by atoms with E-state index in [2.05, 4.69) is 25.5 Å². The number of imidazole rings is 1. The van der Waals surface area contributed by atoms with E-state index in [4.69, 9.17) is 9.97 Å². The number of benzene rings is 2. The molecule has 0 aliphatic rings. The summed E-state index contributed by atoms with van der Waals surface area (Å²) in [6, 6.07) is 16.4. The molecule has 38 heavy (non-hydrogen) atoms. The first kappa shape index (κ1) is 23.5. The lowest BCUT2D eigenvalue weighted by molar-refractivity contribution is -0.116. The first-order valence-electron chi connectivity index (χ1n) is 12.4. The Balaban J connectivity index is 1.41. The van der Waals surface area contributed by atoms with Crippen molar-refractivity contribution in [1.82, 2.24) is 30.1 Å². The topological polar surface area (TPSA) is 112 Å². The number of amides is 1. The van der Waals surface area contributed by atoms with Crippen molar-refractivity contribution in [3.05, 3.63) is 78.4 Å². The monoisotopic (exact) mass is 505 g/mol. The number of para-hydroxylation sites is 1. The van der Waals surface area contributed by atoms with Crippen LogP contribution >= 0.6 is 0 Å². The summed E-state index contributed by atoms with van der Waals surface area (Å²) in [5, 5.41) is 10.4. The van der Waals surface area contributed by atoms with Gasteiger partial charge in [-0.2, -0.15) is 5.10 Å². The van der Waals surface area contributed by atoms with Gasteiger partial charge in [0.1, 0.15) is 11.3 Å². The minimum atomic E-state index is -0.286. The maximum absolute atomic E-state index is 14.1. The van der Waals surface area contributed by atoms with Crippen molar-refractivity contribution >= 4 is 33.7 Å². The third-order valence-electron chi connectivity index (χ3n) is 6.29. The van der Waals surface area contributed by atoms with Crippen LogP contribution in [-0.2, 0) is 4.79 Å². The molecular weight excluding hydrogens is 481 g/mol. The highest BCUT2D eigenvalue weighted by atomic mass is 19.1. The van der Waals surface area contributed by atoms with Gasteiger partial charge in [-0.25, -0.2) is 14.4 Å². The van der Waals surface area contributed by atoms with Gasteiger partial charge in [0.25, 0.3) is 0 Å². The zero-order valence-corrected chi connectivity index (χ0v) is 20.8. The second-order valence-corrected chi connectivity index (χ2v) is 9.23. The van der Waals surface area contributed by atoms with Gasteiger partial charge in [0.2, 0.25) is 5.91 Å². The minimum Gasteiger partial charge on any atom is -0.336 e. The van der Waals surface area contributed by atoms with Gasteiger partial charge in [-0.1, -0.05) is 25.1 Å². The molecule has 1 amide bonds. The molecule has 6 aromatic rings. The summed E-state index contributed by atoms with van der Waals surface area (Å²) in [4.78, 5) is 29.4. The molecular formula is C29H24FN7O. The number of H-pyrrole nitrogens is 2. The van der Waals surface area contributed by atoms with E-state index in [-0.39, 0.29) is 11.7 Å². The summed E-state index contributed by atoms with van der Waals surface area (Å²) in [6.45, 7) is 3.83. The number of halogens is 1. The number of hydrogen-bond acceptors (Lipinski definition) is 5. The summed E-state index contributed by atoms with van der Waals surface area (Å²) >= 11 is 0. The van der Waals surface area contributed by atoms with Gasteiger partial charge >= 0.3 is 0 Å². The average molecular weight is 506 g/mol. The van der Waals surface area contributed by atoms with Crippen molar-refractivity contribution < 1.29 is 9.18 Å². The maximum Gasteiger partial charge on any atom is 0.224 e. The Labute approximate surface area is 217 Å². The number of hydrogen-bond donors (Lipinski definition) is 3. The first-order valence-corrected chi connectivity index (χ1v) is 12.4. The van der Waals surface area contributed by atoms with Crippen LogP contribution in [0.5, 0.6) is 0 Å². The highest BCUT2D eigenvalue weighted by Crippen LogP contribution is 2.32. The van der Waals surface area contributed by atoms with Crippen LogP contribution < -0.4 is 5.32 Å². The molecule has 0 spiro atoms. The van der Waals surface area contributed by atoms with E-state index < -0.39 is 0 Å². The fraction of sp³-hybridized carbons (Fsp3) is 0.138. The van der Waals surface area contributed by atoms with Gasteiger partial charge in [-0.05, 0) is 60.9 Å². The number of anilines is 1. The lowest BCUT2D eigenvalue weighted by Crippen LogP contribution is -2.10. The minimum absolute atomic E-state index is 0.0513. The molecule has 188 valence electrons. The smallest absolute Gasteiger partial charge is 0.224 e. The summed E-state index contributed by atoms with van der Waals surface area (Å²) in [7, 11) is 0. The molecule has 0 unspecified atom stereocenters. The summed E-state index contributed by atoms with van der Waals surface area (Å²) in [5.41, 5.74) is 8.00. The quantitative estimate of drug-likeness (QED) is 0.242. The molecule has 4 heterocycles. The van der Waals surface area contributed by atoms with Crippen LogP contribution in [0.4, 0.5) is 10.1 Å². The molecule has 4 aromatic heterocycles. The number of aromatic amines is 2. The average Bonchev–Trinajstić information content (AvgIpc) is 3.52. The number of fused-ring (bicyclic) bond motifs is 2. The first-order chi connectivity index (χ1) is 18.5. The van der Waals surface area contributed by atoms with E-state index in [1.54, 1.807) is 12.4 Å². The molecule has 2 aromatic carbocycles. The molecule has 9 heteroatoms. The molecule has 3 N–H and O–H groups in total. The number of aromatic nitrogens is 6. The van der Waals surface area contributed by atoms with Gasteiger partial charge in [-0.15, -0.1) is 0 Å². The Morgan fingerprint density at radius 2 is 1.87 bits per heavy atom. The molecule has 0 atom stereocenters. The van der Waals surface area contributed by atoms with E-state index >= 15 is 0 Å². The lowest BCUT2D eigenvalue weighted by Gasteiger charge is -2.06. The third kappa shape index (κ3) is 4.39. The Morgan fingerprint density at radius 1 is 0.974 bits per heavy atom. The maximum atomic E-state index is 14.1.